The van der Waals surface area contributed by atoms with Gasteiger partial charge < -0.3 is 10.1 Å². The Balaban J connectivity index is 1.59. The Labute approximate surface area is 164 Å². The maximum absolute atomic E-state index is 12.9. The number of sulfonamides is 1. The first kappa shape index (κ1) is 19.9. The molecule has 8 heteroatoms. The molecule has 27 heavy (non-hydrogen) atoms. The van der Waals surface area contributed by atoms with E-state index in [0.717, 1.165) is 6.42 Å². The number of piperidine rings is 1. The summed E-state index contributed by atoms with van der Waals surface area (Å²) in [5.41, 5.74) is 0. The number of methoxy groups -OCH3 is 1. The molecule has 0 saturated carbocycles. The van der Waals surface area contributed by atoms with Crippen LogP contribution >= 0.6 is 11.3 Å². The zero-order chi connectivity index (χ0) is 19.3. The number of amides is 1. The van der Waals surface area contributed by atoms with Crippen LogP contribution in [0.3, 0.4) is 0 Å². The summed E-state index contributed by atoms with van der Waals surface area (Å²) >= 11 is 1.67. The maximum atomic E-state index is 12.9. The van der Waals surface area contributed by atoms with Crippen LogP contribution in [0.5, 0.6) is 5.75 Å². The summed E-state index contributed by atoms with van der Waals surface area (Å²) < 4.78 is 32.3. The van der Waals surface area contributed by atoms with E-state index in [0.29, 0.717) is 31.7 Å². The molecule has 6 nitrogen and oxygen atoms in total. The van der Waals surface area contributed by atoms with Crippen molar-refractivity contribution in [1.82, 2.24) is 9.62 Å². The van der Waals surface area contributed by atoms with Crippen molar-refractivity contribution in [3.8, 4) is 5.75 Å². The van der Waals surface area contributed by atoms with E-state index in [-0.39, 0.29) is 23.3 Å². The molecule has 1 aliphatic rings. The second kappa shape index (κ2) is 8.86. The minimum atomic E-state index is -3.61. The number of nitrogens with one attached hydrogen (secondary N) is 1. The minimum Gasteiger partial charge on any atom is -0.497 e. The monoisotopic (exact) mass is 408 g/mol. The molecular formula is C19H24N2O4S2. The third-order valence-electron chi connectivity index (χ3n) is 4.70. The molecule has 0 bridgehead atoms. The third kappa shape index (κ3) is 4.88. The first-order chi connectivity index (χ1) is 13.0. The van der Waals surface area contributed by atoms with E-state index in [4.69, 9.17) is 4.74 Å². The second-order valence-electron chi connectivity index (χ2n) is 6.50. The molecule has 1 saturated heterocycles. The summed E-state index contributed by atoms with van der Waals surface area (Å²) in [6.45, 7) is 1.23. The Hall–Kier alpha value is -1.90. The first-order valence-corrected chi connectivity index (χ1v) is 11.3. The first-order valence-electron chi connectivity index (χ1n) is 8.95. The van der Waals surface area contributed by atoms with Gasteiger partial charge in [-0.3, -0.25) is 4.79 Å². The molecule has 0 spiro atoms. The van der Waals surface area contributed by atoms with Crippen LogP contribution in [0.2, 0.25) is 0 Å². The Morgan fingerprint density at radius 2 is 2.07 bits per heavy atom. The molecule has 1 N–H and O–H groups in total. The minimum absolute atomic E-state index is 0.0683. The van der Waals surface area contributed by atoms with Gasteiger partial charge in [0, 0.05) is 24.5 Å². The van der Waals surface area contributed by atoms with Gasteiger partial charge in [-0.15, -0.1) is 11.3 Å². The van der Waals surface area contributed by atoms with Gasteiger partial charge in [-0.25, -0.2) is 8.42 Å². The zero-order valence-corrected chi connectivity index (χ0v) is 16.9. The molecule has 0 aliphatic carbocycles. The van der Waals surface area contributed by atoms with Gasteiger partial charge in [0.15, 0.2) is 0 Å². The van der Waals surface area contributed by atoms with Gasteiger partial charge in [-0.2, -0.15) is 4.31 Å². The fraction of sp³-hybridized carbons (Fsp3) is 0.421. The number of hydrogen-bond acceptors (Lipinski definition) is 5. The zero-order valence-electron chi connectivity index (χ0n) is 15.3. The maximum Gasteiger partial charge on any atom is 0.243 e. The van der Waals surface area contributed by atoms with Crippen LogP contribution < -0.4 is 10.1 Å². The fourth-order valence-electron chi connectivity index (χ4n) is 3.18. The second-order valence-corrected chi connectivity index (χ2v) is 9.47. The summed E-state index contributed by atoms with van der Waals surface area (Å²) in [6.07, 6.45) is 2.18. The van der Waals surface area contributed by atoms with E-state index >= 15 is 0 Å². The van der Waals surface area contributed by atoms with Crippen molar-refractivity contribution in [3.63, 3.8) is 0 Å². The number of ether oxygens (including phenoxy) is 1. The van der Waals surface area contributed by atoms with Crippen LogP contribution in [0.1, 0.15) is 17.7 Å². The smallest absolute Gasteiger partial charge is 0.243 e. The summed E-state index contributed by atoms with van der Waals surface area (Å²) in [5.74, 6) is 0.229. The molecule has 0 radical (unpaired) electrons. The molecule has 1 fully saturated rings. The Kier molecular flexibility index (Phi) is 6.51. The van der Waals surface area contributed by atoms with Crippen molar-refractivity contribution in [1.29, 1.82) is 0 Å². The third-order valence-corrected chi connectivity index (χ3v) is 7.52. The standard InChI is InChI=1S/C19H24N2O4S2/c1-25-16-6-8-18(9-7-16)27(23,24)21-12-2-4-15(14-21)19(22)20-11-10-17-5-3-13-26-17/h3,5-9,13,15H,2,4,10-12,14H2,1H3,(H,20,22)/t15-/m1/s1. The van der Waals surface area contributed by atoms with Crippen molar-refractivity contribution in [3.05, 3.63) is 46.7 Å². The van der Waals surface area contributed by atoms with E-state index in [1.54, 1.807) is 35.6 Å². The number of carbonyl (C=O) groups excluding carboxylic acids is 1. The largest absolute Gasteiger partial charge is 0.497 e. The molecular weight excluding hydrogens is 384 g/mol. The topological polar surface area (TPSA) is 75.7 Å². The van der Waals surface area contributed by atoms with Crippen LogP contribution in [0.25, 0.3) is 0 Å². The molecule has 146 valence electrons. The van der Waals surface area contributed by atoms with Gasteiger partial charge in [-0.1, -0.05) is 6.07 Å². The average molecular weight is 409 g/mol. The van der Waals surface area contributed by atoms with Crippen LogP contribution in [0.15, 0.2) is 46.7 Å². The fourth-order valence-corrected chi connectivity index (χ4v) is 5.41. The van der Waals surface area contributed by atoms with E-state index in [1.807, 2.05) is 17.5 Å². The predicted molar refractivity (Wildman–Crippen MR) is 106 cm³/mol. The highest BCUT2D eigenvalue weighted by Gasteiger charge is 2.33. The van der Waals surface area contributed by atoms with Crippen molar-refractivity contribution in [2.45, 2.75) is 24.2 Å². The molecule has 1 aromatic heterocycles. The lowest BCUT2D eigenvalue weighted by atomic mass is 9.99. The number of nitrogens with zero attached hydrogens (tertiary/aromatic N) is 1. The molecule has 2 heterocycles. The number of rotatable bonds is 7. The summed E-state index contributed by atoms with van der Waals surface area (Å²) in [5, 5.41) is 4.96. The molecule has 1 atom stereocenters. The molecule has 1 aromatic carbocycles. The normalized spacial score (nSPS) is 18.2. The van der Waals surface area contributed by atoms with Crippen molar-refractivity contribution in [2.24, 2.45) is 5.92 Å². The molecule has 1 amide bonds. The molecule has 3 rings (SSSR count). The number of benzene rings is 1. The van der Waals surface area contributed by atoms with Gasteiger partial charge in [0.2, 0.25) is 15.9 Å². The van der Waals surface area contributed by atoms with Crippen LogP contribution in [-0.4, -0.2) is 45.4 Å². The van der Waals surface area contributed by atoms with E-state index in [1.165, 1.54) is 16.3 Å². The Morgan fingerprint density at radius 3 is 2.74 bits per heavy atom. The van der Waals surface area contributed by atoms with Crippen LogP contribution in [0.4, 0.5) is 0 Å². The molecule has 0 unspecified atom stereocenters. The highest BCUT2D eigenvalue weighted by molar-refractivity contribution is 7.89. The lowest BCUT2D eigenvalue weighted by molar-refractivity contribution is -0.126. The van der Waals surface area contributed by atoms with E-state index in [2.05, 4.69) is 5.32 Å². The van der Waals surface area contributed by atoms with Crippen molar-refractivity contribution in [2.75, 3.05) is 26.7 Å². The number of carbonyl (C=O) groups is 1. The summed E-state index contributed by atoms with van der Waals surface area (Å²) in [4.78, 5) is 13.9. The van der Waals surface area contributed by atoms with Gasteiger partial charge in [0.1, 0.15) is 5.75 Å². The summed E-state index contributed by atoms with van der Waals surface area (Å²) in [6, 6.07) is 10.4. The lowest BCUT2D eigenvalue weighted by Gasteiger charge is -2.31. The highest BCUT2D eigenvalue weighted by Crippen LogP contribution is 2.25. The van der Waals surface area contributed by atoms with Gasteiger partial charge >= 0.3 is 0 Å². The average Bonchev–Trinajstić information content (AvgIpc) is 3.21. The van der Waals surface area contributed by atoms with E-state index in [9.17, 15) is 13.2 Å². The lowest BCUT2D eigenvalue weighted by Crippen LogP contribution is -2.45. The quantitative estimate of drug-likeness (QED) is 0.764. The van der Waals surface area contributed by atoms with Crippen molar-refractivity contribution < 1.29 is 17.9 Å². The van der Waals surface area contributed by atoms with E-state index < -0.39 is 10.0 Å². The molecule has 1 aliphatic heterocycles. The Morgan fingerprint density at radius 1 is 1.30 bits per heavy atom. The van der Waals surface area contributed by atoms with Gasteiger partial charge in [-0.05, 0) is 55.0 Å². The Bertz CT molecular complexity index is 848. The highest BCUT2D eigenvalue weighted by atomic mass is 32.2. The number of hydrogen-bond donors (Lipinski definition) is 1. The number of thiophene rings is 1. The summed E-state index contributed by atoms with van der Waals surface area (Å²) in [7, 11) is -2.07. The SMILES string of the molecule is COc1ccc(S(=O)(=O)N2CCC[C@@H](C(=O)NCCc3cccs3)C2)cc1. The predicted octanol–water partition coefficient (Wildman–Crippen LogP) is 2.52. The van der Waals surface area contributed by atoms with Crippen molar-refractivity contribution >= 4 is 27.3 Å². The van der Waals surface area contributed by atoms with Crippen LogP contribution in [0, 0.1) is 5.92 Å². The van der Waals surface area contributed by atoms with Gasteiger partial charge in [0.05, 0.1) is 17.9 Å². The van der Waals surface area contributed by atoms with Gasteiger partial charge in [0.25, 0.3) is 0 Å². The molecule has 2 aromatic rings. The van der Waals surface area contributed by atoms with Crippen LogP contribution in [-0.2, 0) is 21.2 Å².